The minimum absolute atomic E-state index is 0.159. The van der Waals surface area contributed by atoms with E-state index in [0.717, 1.165) is 17.0 Å². The zero-order valence-corrected chi connectivity index (χ0v) is 14.9. The predicted molar refractivity (Wildman–Crippen MR) is 105 cm³/mol. The van der Waals surface area contributed by atoms with Crippen LogP contribution in [0.5, 0.6) is 11.5 Å². The summed E-state index contributed by atoms with van der Waals surface area (Å²) < 4.78 is 8.90. The topological polar surface area (TPSA) is 49.0 Å². The quantitative estimate of drug-likeness (QED) is 0.538. The van der Waals surface area contributed by atoms with Crippen LogP contribution < -0.4 is 10.4 Å². The minimum atomic E-state index is -0.159. The predicted octanol–water partition coefficient (Wildman–Crippen LogP) is 4.18. The minimum Gasteiger partial charge on any atom is -0.457 e. The lowest BCUT2D eigenvalue weighted by molar-refractivity contribution is 0.482. The van der Waals surface area contributed by atoms with Crippen molar-refractivity contribution in [3.8, 4) is 17.2 Å². The first-order valence-corrected chi connectivity index (χ1v) is 8.74. The summed E-state index contributed by atoms with van der Waals surface area (Å²) >= 11 is 0. The summed E-state index contributed by atoms with van der Waals surface area (Å²) in [6.07, 6.45) is 0. The van der Waals surface area contributed by atoms with E-state index in [9.17, 15) is 4.79 Å². The van der Waals surface area contributed by atoms with Crippen molar-refractivity contribution in [1.82, 2.24) is 14.3 Å². The zero-order valence-electron chi connectivity index (χ0n) is 14.9. The number of aryl methyl sites for hydroxylation is 1. The van der Waals surface area contributed by atoms with Crippen LogP contribution in [0.25, 0.3) is 5.69 Å². The summed E-state index contributed by atoms with van der Waals surface area (Å²) in [5, 5.41) is 4.41. The van der Waals surface area contributed by atoms with Gasteiger partial charge in [-0.1, -0.05) is 48.5 Å². The van der Waals surface area contributed by atoms with Crippen LogP contribution in [0.2, 0.25) is 0 Å². The molecule has 0 atom stereocenters. The van der Waals surface area contributed by atoms with Gasteiger partial charge in [-0.25, -0.2) is 14.0 Å². The van der Waals surface area contributed by atoms with Crippen molar-refractivity contribution < 1.29 is 4.74 Å². The normalized spacial score (nSPS) is 10.7. The highest BCUT2D eigenvalue weighted by molar-refractivity contribution is 5.40. The van der Waals surface area contributed by atoms with Gasteiger partial charge in [-0.05, 0) is 48.9 Å². The summed E-state index contributed by atoms with van der Waals surface area (Å²) in [5.41, 5.74) is 1.64. The third kappa shape index (κ3) is 3.67. The largest absolute Gasteiger partial charge is 0.457 e. The molecule has 1 aromatic heterocycles. The number of nitrogens with zero attached hydrogens (tertiary/aromatic N) is 3. The van der Waals surface area contributed by atoms with E-state index < -0.39 is 0 Å². The maximum absolute atomic E-state index is 12.8. The van der Waals surface area contributed by atoms with E-state index in [4.69, 9.17) is 4.74 Å². The first kappa shape index (κ1) is 16.8. The maximum Gasteiger partial charge on any atom is 0.350 e. The average Bonchev–Trinajstić information content (AvgIpc) is 2.97. The van der Waals surface area contributed by atoms with Gasteiger partial charge in [0.2, 0.25) is 0 Å². The lowest BCUT2D eigenvalue weighted by Crippen LogP contribution is -2.24. The zero-order chi connectivity index (χ0) is 18.6. The number of ether oxygens (including phenoxy) is 1. The van der Waals surface area contributed by atoms with Crippen molar-refractivity contribution in [2.45, 2.75) is 13.5 Å². The molecule has 4 rings (SSSR count). The molecule has 27 heavy (non-hydrogen) atoms. The molecule has 3 aromatic carbocycles. The molecule has 0 radical (unpaired) electrons. The van der Waals surface area contributed by atoms with Gasteiger partial charge < -0.3 is 4.74 Å². The highest BCUT2D eigenvalue weighted by Crippen LogP contribution is 2.22. The fourth-order valence-corrected chi connectivity index (χ4v) is 2.96. The Morgan fingerprint density at radius 1 is 0.815 bits per heavy atom. The molecular weight excluding hydrogens is 338 g/mol. The lowest BCUT2D eigenvalue weighted by Gasteiger charge is -2.07. The number of hydrogen-bond acceptors (Lipinski definition) is 3. The molecule has 0 aliphatic rings. The standard InChI is InChI=1S/C22H19N3O2/c1-17-23-24(16-18-8-4-2-5-9-18)22(26)25(17)19-12-14-21(15-13-19)27-20-10-6-3-7-11-20/h2-15H,16H2,1H3. The SMILES string of the molecule is Cc1nn(Cc2ccccc2)c(=O)n1-c1ccc(Oc2ccccc2)cc1. The number of rotatable bonds is 5. The van der Waals surface area contributed by atoms with Crippen LogP contribution in [-0.2, 0) is 6.54 Å². The van der Waals surface area contributed by atoms with E-state index in [1.165, 1.54) is 4.68 Å². The van der Waals surface area contributed by atoms with Gasteiger partial charge in [0.25, 0.3) is 0 Å². The van der Waals surface area contributed by atoms with Crippen molar-refractivity contribution in [3.05, 3.63) is 107 Å². The average molecular weight is 357 g/mol. The van der Waals surface area contributed by atoms with Gasteiger partial charge in [0.05, 0.1) is 12.2 Å². The summed E-state index contributed by atoms with van der Waals surface area (Å²) in [5.74, 6) is 2.13. The van der Waals surface area contributed by atoms with E-state index in [-0.39, 0.29) is 5.69 Å². The van der Waals surface area contributed by atoms with Gasteiger partial charge in [0.15, 0.2) is 0 Å². The Hall–Kier alpha value is -3.60. The number of hydrogen-bond donors (Lipinski definition) is 0. The van der Waals surface area contributed by atoms with Crippen LogP contribution in [0.3, 0.4) is 0 Å². The second-order valence-electron chi connectivity index (χ2n) is 6.22. The fraction of sp³-hybridized carbons (Fsp3) is 0.0909. The lowest BCUT2D eigenvalue weighted by atomic mass is 10.2. The Balaban J connectivity index is 1.59. The Morgan fingerprint density at radius 2 is 1.41 bits per heavy atom. The van der Waals surface area contributed by atoms with Gasteiger partial charge in [-0.3, -0.25) is 0 Å². The van der Waals surface area contributed by atoms with Crippen LogP contribution in [-0.4, -0.2) is 14.3 Å². The summed E-state index contributed by atoms with van der Waals surface area (Å²) in [6.45, 7) is 2.28. The monoisotopic (exact) mass is 357 g/mol. The van der Waals surface area contributed by atoms with Crippen LogP contribution in [0.15, 0.2) is 89.7 Å². The second-order valence-corrected chi connectivity index (χ2v) is 6.22. The van der Waals surface area contributed by atoms with Crippen LogP contribution in [0.4, 0.5) is 0 Å². The number of aromatic nitrogens is 3. The Labute approximate surface area is 157 Å². The molecule has 1 heterocycles. The fourth-order valence-electron chi connectivity index (χ4n) is 2.96. The van der Waals surface area contributed by atoms with Crippen molar-refractivity contribution in [2.24, 2.45) is 0 Å². The molecule has 0 amide bonds. The third-order valence-electron chi connectivity index (χ3n) is 4.25. The van der Waals surface area contributed by atoms with Crippen LogP contribution in [0, 0.1) is 6.92 Å². The van der Waals surface area contributed by atoms with E-state index in [1.807, 2.05) is 91.9 Å². The van der Waals surface area contributed by atoms with E-state index in [1.54, 1.807) is 4.57 Å². The molecule has 0 aliphatic carbocycles. The molecule has 5 nitrogen and oxygen atoms in total. The van der Waals surface area contributed by atoms with Gasteiger partial charge in [0, 0.05) is 0 Å². The molecular formula is C22H19N3O2. The van der Waals surface area contributed by atoms with E-state index >= 15 is 0 Å². The summed E-state index contributed by atoms with van der Waals surface area (Å²) in [7, 11) is 0. The summed E-state index contributed by atoms with van der Waals surface area (Å²) in [4.78, 5) is 12.8. The van der Waals surface area contributed by atoms with E-state index in [0.29, 0.717) is 18.1 Å². The molecule has 4 aromatic rings. The Morgan fingerprint density at radius 3 is 2.07 bits per heavy atom. The van der Waals surface area contributed by atoms with Gasteiger partial charge >= 0.3 is 5.69 Å². The van der Waals surface area contributed by atoms with Crippen molar-refractivity contribution >= 4 is 0 Å². The Kier molecular flexibility index (Phi) is 4.58. The van der Waals surface area contributed by atoms with Gasteiger partial charge in [0.1, 0.15) is 17.3 Å². The maximum atomic E-state index is 12.8. The molecule has 5 heteroatoms. The van der Waals surface area contributed by atoms with E-state index in [2.05, 4.69) is 5.10 Å². The van der Waals surface area contributed by atoms with Crippen LogP contribution >= 0.6 is 0 Å². The number of para-hydroxylation sites is 1. The second kappa shape index (κ2) is 7.33. The third-order valence-corrected chi connectivity index (χ3v) is 4.25. The molecule has 0 fully saturated rings. The first-order chi connectivity index (χ1) is 13.2. The molecule has 0 unspecified atom stereocenters. The highest BCUT2D eigenvalue weighted by Gasteiger charge is 2.12. The number of benzene rings is 3. The first-order valence-electron chi connectivity index (χ1n) is 8.74. The molecule has 0 N–H and O–H groups in total. The smallest absolute Gasteiger partial charge is 0.350 e. The van der Waals surface area contributed by atoms with Crippen LogP contribution in [0.1, 0.15) is 11.4 Å². The van der Waals surface area contributed by atoms with Gasteiger partial charge in [-0.15, -0.1) is 0 Å². The molecule has 0 spiro atoms. The van der Waals surface area contributed by atoms with Crippen molar-refractivity contribution in [3.63, 3.8) is 0 Å². The molecule has 134 valence electrons. The summed E-state index contributed by atoms with van der Waals surface area (Å²) in [6, 6.07) is 26.8. The van der Waals surface area contributed by atoms with Crippen molar-refractivity contribution in [2.75, 3.05) is 0 Å². The molecule has 0 saturated heterocycles. The highest BCUT2D eigenvalue weighted by atomic mass is 16.5. The van der Waals surface area contributed by atoms with Crippen molar-refractivity contribution in [1.29, 1.82) is 0 Å². The molecule has 0 bridgehead atoms. The van der Waals surface area contributed by atoms with Gasteiger partial charge in [-0.2, -0.15) is 5.10 Å². The Bertz CT molecular complexity index is 1080. The molecule has 0 aliphatic heterocycles. The molecule has 0 saturated carbocycles.